The Morgan fingerprint density at radius 2 is 1.25 bits per heavy atom. The molecule has 1 rings (SSSR count). The highest BCUT2D eigenvalue weighted by Gasteiger charge is 1.60. The highest BCUT2D eigenvalue weighted by molar-refractivity contribution is 7.70. The third-order valence-electron chi connectivity index (χ3n) is 0.222. The van der Waals surface area contributed by atoms with Gasteiger partial charge in [-0.25, -0.2) is 0 Å². The van der Waals surface area contributed by atoms with Gasteiger partial charge in [0.15, 0.2) is 0 Å². The fourth-order valence-corrected chi connectivity index (χ4v) is 0.500. The maximum absolute atomic E-state index is 2.06. The molecule has 0 bridgehead atoms. The Hall–Kier alpha value is 0.180. The Kier molecular flexibility index (Phi) is 0.523. The third-order valence-corrected chi connectivity index (χ3v) is 2.00. The van der Waals surface area contributed by atoms with Crippen LogP contribution in [0.15, 0.2) is 10.8 Å². The lowest BCUT2D eigenvalue weighted by molar-refractivity contribution is 2.35. The maximum Gasteiger partial charge on any atom is 0.0121 e. The van der Waals surface area contributed by atoms with Crippen LogP contribution >= 0.6 is 20.7 Å². The largest absolute Gasteiger partial charge is 0.0878 e. The minimum Gasteiger partial charge on any atom is -0.0878 e. The van der Waals surface area contributed by atoms with Crippen molar-refractivity contribution in [1.82, 2.24) is 0 Å². The van der Waals surface area contributed by atoms with Crippen LogP contribution in [0.5, 0.6) is 0 Å². The number of rotatable bonds is 0. The molecule has 0 nitrogen and oxygen atoms in total. The van der Waals surface area contributed by atoms with Crippen molar-refractivity contribution >= 4 is 20.7 Å². The first kappa shape index (κ1) is 2.42. The Morgan fingerprint density at radius 1 is 1.00 bits per heavy atom. The van der Waals surface area contributed by atoms with Gasteiger partial charge in [0, 0.05) is 10.8 Å². The van der Waals surface area contributed by atoms with E-state index < -0.39 is 0 Å². The van der Waals surface area contributed by atoms with E-state index in [9.17, 15) is 0 Å². The molecule has 1 aromatic rings. The zero-order chi connectivity index (χ0) is 2.83. The molecule has 4 heavy (non-hydrogen) atoms. The van der Waals surface area contributed by atoms with Crippen molar-refractivity contribution in [3.63, 3.8) is 0 Å². The fraction of sp³-hybridized carbons (Fsp3) is 0. The molecular weight excluding hydrogens is 88.2 g/mol. The van der Waals surface area contributed by atoms with Crippen LogP contribution in [0.2, 0.25) is 0 Å². The Balaban J connectivity index is 3.00. The van der Waals surface area contributed by atoms with Crippen LogP contribution in [-0.2, 0) is 0 Å². The zero-order valence-electron chi connectivity index (χ0n) is 1.97. The van der Waals surface area contributed by atoms with E-state index in [0.717, 1.165) is 0 Å². The standard InChI is InChI=1S/C2H2S2/c1-2-4-3-1/h1-2H. The minimum atomic E-state index is 1.77. The molecule has 0 aliphatic carbocycles. The fourth-order valence-electron chi connectivity index (χ4n) is 0.0556. The van der Waals surface area contributed by atoms with E-state index in [1.165, 1.54) is 0 Å². The van der Waals surface area contributed by atoms with Crippen molar-refractivity contribution in [3.05, 3.63) is 10.8 Å². The molecular formula is C2H2S2. The average molecular weight is 90.2 g/mol. The Bertz CT molecular complexity index is 45.8. The van der Waals surface area contributed by atoms with Gasteiger partial charge < -0.3 is 0 Å². The van der Waals surface area contributed by atoms with Crippen LogP contribution in [0.1, 0.15) is 0 Å². The van der Waals surface area contributed by atoms with Gasteiger partial charge in [0.2, 0.25) is 0 Å². The normalized spacial score (nSPS) is 8.00. The number of hydrogen-bond acceptors (Lipinski definition) is 2. The van der Waals surface area contributed by atoms with Gasteiger partial charge in [-0.2, -0.15) is 0 Å². The average Bonchev–Trinajstić information content (AvgIpc) is 0.722. The summed E-state index contributed by atoms with van der Waals surface area (Å²) < 4.78 is 0. The molecule has 0 N–H and O–H groups in total. The molecule has 0 unspecified atom stereocenters. The van der Waals surface area contributed by atoms with E-state index >= 15 is 0 Å². The molecule has 0 amide bonds. The molecule has 1 aromatic heterocycles. The van der Waals surface area contributed by atoms with Crippen LogP contribution in [0, 0.1) is 0 Å². The van der Waals surface area contributed by atoms with Gasteiger partial charge in [0.25, 0.3) is 0 Å². The molecule has 0 saturated carbocycles. The molecule has 22 valence electrons. The van der Waals surface area contributed by atoms with E-state index in [2.05, 4.69) is 10.8 Å². The van der Waals surface area contributed by atoms with Gasteiger partial charge in [-0.15, -0.1) is 0 Å². The highest BCUT2D eigenvalue weighted by Crippen LogP contribution is 2.06. The first-order chi connectivity index (χ1) is 2.00. The summed E-state index contributed by atoms with van der Waals surface area (Å²) in [5, 5.41) is 4.12. The van der Waals surface area contributed by atoms with Crippen molar-refractivity contribution in [3.8, 4) is 0 Å². The smallest absolute Gasteiger partial charge is 0.0121 e. The van der Waals surface area contributed by atoms with E-state index in [0.29, 0.717) is 0 Å². The lowest BCUT2D eigenvalue weighted by atomic mass is 11.2. The van der Waals surface area contributed by atoms with Crippen LogP contribution in [0.3, 0.4) is 0 Å². The molecule has 0 aromatic carbocycles. The molecule has 2 heteroatoms. The van der Waals surface area contributed by atoms with Crippen molar-refractivity contribution in [1.29, 1.82) is 0 Å². The second-order valence-electron chi connectivity index (χ2n) is 0.465. The molecule has 0 saturated heterocycles. The third kappa shape index (κ3) is 0.174. The van der Waals surface area contributed by atoms with Gasteiger partial charge in [0.1, 0.15) is 0 Å². The lowest BCUT2D eigenvalue weighted by Gasteiger charge is -1.67. The predicted octanol–water partition coefficient (Wildman–Crippen LogP) is 1.81. The monoisotopic (exact) mass is 90.0 g/mol. The summed E-state index contributed by atoms with van der Waals surface area (Å²) in [5.41, 5.74) is 0. The quantitative estimate of drug-likeness (QED) is 0.426. The first-order valence-corrected chi connectivity index (χ1v) is 3.25. The van der Waals surface area contributed by atoms with Gasteiger partial charge in [-0.05, 0) is 0 Å². The van der Waals surface area contributed by atoms with Gasteiger partial charge in [0.05, 0.1) is 0 Å². The summed E-state index contributed by atoms with van der Waals surface area (Å²) in [5.74, 6) is 0. The Labute approximate surface area is 32.1 Å². The van der Waals surface area contributed by atoms with E-state index in [1.54, 1.807) is 20.7 Å². The molecule has 0 spiro atoms. The van der Waals surface area contributed by atoms with Crippen LogP contribution in [0.25, 0.3) is 0 Å². The predicted molar refractivity (Wildman–Crippen MR) is 22.2 cm³/mol. The van der Waals surface area contributed by atoms with Crippen molar-refractivity contribution in [2.75, 3.05) is 0 Å². The second kappa shape index (κ2) is 0.865. The summed E-state index contributed by atoms with van der Waals surface area (Å²) in [6.07, 6.45) is 0. The zero-order valence-corrected chi connectivity index (χ0v) is 3.60. The van der Waals surface area contributed by atoms with E-state index in [4.69, 9.17) is 0 Å². The van der Waals surface area contributed by atoms with Gasteiger partial charge >= 0.3 is 0 Å². The van der Waals surface area contributed by atoms with Crippen LogP contribution in [-0.4, -0.2) is 0 Å². The summed E-state index contributed by atoms with van der Waals surface area (Å²) in [6.45, 7) is 0. The maximum atomic E-state index is 2.06. The van der Waals surface area contributed by atoms with Crippen LogP contribution < -0.4 is 0 Å². The Morgan fingerprint density at radius 3 is 1.25 bits per heavy atom. The topological polar surface area (TPSA) is 0 Å². The second-order valence-corrected chi connectivity index (χ2v) is 2.55. The summed E-state index contributed by atoms with van der Waals surface area (Å²) in [6, 6.07) is 0. The van der Waals surface area contributed by atoms with Gasteiger partial charge in [-0.1, -0.05) is 20.7 Å². The number of hydrogen-bond donors (Lipinski definition) is 0. The van der Waals surface area contributed by atoms with Crippen molar-refractivity contribution in [2.45, 2.75) is 0 Å². The molecule has 0 atom stereocenters. The van der Waals surface area contributed by atoms with E-state index in [-0.39, 0.29) is 0 Å². The SMILES string of the molecule is c1css1. The molecule has 0 aliphatic heterocycles. The van der Waals surface area contributed by atoms with Crippen LogP contribution in [0.4, 0.5) is 0 Å². The van der Waals surface area contributed by atoms with Crippen molar-refractivity contribution in [2.24, 2.45) is 0 Å². The summed E-state index contributed by atoms with van der Waals surface area (Å²) in [4.78, 5) is 0. The highest BCUT2D eigenvalue weighted by atomic mass is 32.9. The molecule has 1 heterocycles. The minimum absolute atomic E-state index is 1.77. The molecule has 0 fully saturated rings. The summed E-state index contributed by atoms with van der Waals surface area (Å²) in [7, 11) is 3.55. The summed E-state index contributed by atoms with van der Waals surface area (Å²) >= 11 is 0. The van der Waals surface area contributed by atoms with Crippen molar-refractivity contribution < 1.29 is 0 Å². The first-order valence-electron chi connectivity index (χ1n) is 0.971. The van der Waals surface area contributed by atoms with Gasteiger partial charge in [-0.3, -0.25) is 0 Å². The molecule has 0 aliphatic rings. The lowest BCUT2D eigenvalue weighted by Crippen LogP contribution is -1.27. The molecule has 0 radical (unpaired) electrons. The van der Waals surface area contributed by atoms with E-state index in [1.807, 2.05) is 0 Å².